The van der Waals surface area contributed by atoms with Crippen LogP contribution in [-0.2, 0) is 0 Å². The van der Waals surface area contributed by atoms with Gasteiger partial charge in [0, 0.05) is 6.04 Å². The molecule has 0 unspecified atom stereocenters. The molecular formula is C17H27NO. The second-order valence-electron chi connectivity index (χ2n) is 6.03. The molecular weight excluding hydrogens is 234 g/mol. The van der Waals surface area contributed by atoms with Crippen LogP contribution in [0.1, 0.15) is 51.1 Å². The standard InChI is InChI=1S/C17H27NO/c1-13-4-6-15(7-5-13)12-18-14(2)16-8-10-17(19-3)11-9-16/h8-11,13-15,18H,4-7,12H2,1-3H3/t13?,14-,15?/m0/s1. The van der Waals surface area contributed by atoms with Crippen molar-refractivity contribution in [2.24, 2.45) is 11.8 Å². The zero-order valence-electron chi connectivity index (χ0n) is 12.5. The Kier molecular flexibility index (Phi) is 5.26. The summed E-state index contributed by atoms with van der Waals surface area (Å²) >= 11 is 0. The molecule has 0 bridgehead atoms. The van der Waals surface area contributed by atoms with Crippen molar-refractivity contribution in [2.45, 2.75) is 45.6 Å². The first-order valence-electron chi connectivity index (χ1n) is 7.56. The maximum atomic E-state index is 5.19. The van der Waals surface area contributed by atoms with Crippen molar-refractivity contribution in [3.8, 4) is 5.75 Å². The summed E-state index contributed by atoms with van der Waals surface area (Å²) in [6, 6.07) is 8.80. The molecule has 0 aliphatic heterocycles. The Morgan fingerprint density at radius 3 is 2.37 bits per heavy atom. The number of nitrogens with one attached hydrogen (secondary N) is 1. The lowest BCUT2D eigenvalue weighted by atomic mass is 9.83. The first kappa shape index (κ1) is 14.4. The molecule has 0 radical (unpaired) electrons. The molecule has 2 nitrogen and oxygen atoms in total. The minimum absolute atomic E-state index is 0.422. The van der Waals surface area contributed by atoms with Crippen molar-refractivity contribution in [3.05, 3.63) is 29.8 Å². The Balaban J connectivity index is 1.78. The van der Waals surface area contributed by atoms with Gasteiger partial charge in [-0.25, -0.2) is 0 Å². The minimum atomic E-state index is 0.422. The molecule has 106 valence electrons. The van der Waals surface area contributed by atoms with Gasteiger partial charge in [0.1, 0.15) is 5.75 Å². The van der Waals surface area contributed by atoms with E-state index in [1.807, 2.05) is 12.1 Å². The summed E-state index contributed by atoms with van der Waals surface area (Å²) in [5, 5.41) is 3.68. The van der Waals surface area contributed by atoms with Gasteiger partial charge < -0.3 is 10.1 Å². The zero-order chi connectivity index (χ0) is 13.7. The average Bonchev–Trinajstić information content (AvgIpc) is 2.46. The van der Waals surface area contributed by atoms with Crippen molar-refractivity contribution < 1.29 is 4.74 Å². The van der Waals surface area contributed by atoms with Gasteiger partial charge in [-0.15, -0.1) is 0 Å². The molecule has 1 saturated carbocycles. The molecule has 2 rings (SSSR count). The Bertz CT molecular complexity index is 365. The van der Waals surface area contributed by atoms with E-state index in [-0.39, 0.29) is 0 Å². The van der Waals surface area contributed by atoms with Gasteiger partial charge in [0.2, 0.25) is 0 Å². The van der Waals surface area contributed by atoms with Crippen LogP contribution in [0.2, 0.25) is 0 Å². The molecule has 1 aliphatic rings. The SMILES string of the molecule is COc1ccc([C@H](C)NCC2CCC(C)CC2)cc1. The number of rotatable bonds is 5. The van der Waals surface area contributed by atoms with Gasteiger partial charge in [-0.2, -0.15) is 0 Å². The molecule has 1 N–H and O–H groups in total. The van der Waals surface area contributed by atoms with Gasteiger partial charge in [-0.05, 0) is 55.8 Å². The largest absolute Gasteiger partial charge is 0.497 e. The first-order valence-corrected chi connectivity index (χ1v) is 7.56. The normalized spacial score (nSPS) is 25.0. The Morgan fingerprint density at radius 1 is 1.16 bits per heavy atom. The molecule has 1 atom stereocenters. The van der Waals surface area contributed by atoms with Crippen LogP contribution >= 0.6 is 0 Å². The maximum Gasteiger partial charge on any atom is 0.118 e. The maximum absolute atomic E-state index is 5.19. The van der Waals surface area contributed by atoms with E-state index in [2.05, 4.69) is 31.3 Å². The van der Waals surface area contributed by atoms with Gasteiger partial charge in [0.05, 0.1) is 7.11 Å². The fourth-order valence-corrected chi connectivity index (χ4v) is 2.89. The first-order chi connectivity index (χ1) is 9.19. The highest BCUT2D eigenvalue weighted by molar-refractivity contribution is 5.28. The highest BCUT2D eigenvalue weighted by Gasteiger charge is 2.18. The van der Waals surface area contributed by atoms with Gasteiger partial charge in [0.15, 0.2) is 0 Å². The molecule has 0 spiro atoms. The highest BCUT2D eigenvalue weighted by atomic mass is 16.5. The number of ether oxygens (including phenoxy) is 1. The van der Waals surface area contributed by atoms with E-state index < -0.39 is 0 Å². The number of hydrogen-bond acceptors (Lipinski definition) is 2. The predicted octanol–water partition coefficient (Wildman–Crippen LogP) is 4.17. The van der Waals surface area contributed by atoms with Crippen molar-refractivity contribution in [2.75, 3.05) is 13.7 Å². The van der Waals surface area contributed by atoms with Gasteiger partial charge in [-0.3, -0.25) is 0 Å². The van der Waals surface area contributed by atoms with Crippen molar-refractivity contribution in [1.29, 1.82) is 0 Å². The van der Waals surface area contributed by atoms with E-state index >= 15 is 0 Å². The lowest BCUT2D eigenvalue weighted by Crippen LogP contribution is -2.28. The average molecular weight is 261 g/mol. The highest BCUT2D eigenvalue weighted by Crippen LogP contribution is 2.28. The van der Waals surface area contributed by atoms with Crippen molar-refractivity contribution >= 4 is 0 Å². The molecule has 1 aromatic carbocycles. The van der Waals surface area contributed by atoms with Crippen molar-refractivity contribution in [3.63, 3.8) is 0 Å². The third kappa shape index (κ3) is 4.24. The van der Waals surface area contributed by atoms with Gasteiger partial charge in [-0.1, -0.05) is 31.9 Å². The van der Waals surface area contributed by atoms with Crippen LogP contribution in [0.15, 0.2) is 24.3 Å². The summed E-state index contributed by atoms with van der Waals surface area (Å²) in [6.07, 6.45) is 5.60. The topological polar surface area (TPSA) is 21.3 Å². The lowest BCUT2D eigenvalue weighted by molar-refractivity contribution is 0.276. The van der Waals surface area contributed by atoms with Crippen LogP contribution in [-0.4, -0.2) is 13.7 Å². The Morgan fingerprint density at radius 2 is 1.79 bits per heavy atom. The smallest absolute Gasteiger partial charge is 0.118 e. The quantitative estimate of drug-likeness (QED) is 0.859. The summed E-state index contributed by atoms with van der Waals surface area (Å²) in [5.74, 6) is 2.74. The van der Waals surface area contributed by atoms with Crippen LogP contribution in [0.4, 0.5) is 0 Å². The molecule has 19 heavy (non-hydrogen) atoms. The molecule has 1 fully saturated rings. The summed E-state index contributed by atoms with van der Waals surface area (Å²) in [5.41, 5.74) is 1.34. The Labute approximate surface area is 117 Å². The third-order valence-electron chi connectivity index (χ3n) is 4.46. The molecule has 0 aromatic heterocycles. The zero-order valence-corrected chi connectivity index (χ0v) is 12.5. The molecule has 1 aliphatic carbocycles. The molecule has 0 amide bonds. The van der Waals surface area contributed by atoms with Crippen LogP contribution in [0, 0.1) is 11.8 Å². The molecule has 0 heterocycles. The van der Waals surface area contributed by atoms with Gasteiger partial charge in [0.25, 0.3) is 0 Å². The summed E-state index contributed by atoms with van der Waals surface area (Å²) < 4.78 is 5.19. The minimum Gasteiger partial charge on any atom is -0.497 e. The van der Waals surface area contributed by atoms with Crippen LogP contribution in [0.5, 0.6) is 5.75 Å². The predicted molar refractivity (Wildman–Crippen MR) is 80.5 cm³/mol. The van der Waals surface area contributed by atoms with Crippen LogP contribution in [0.25, 0.3) is 0 Å². The number of methoxy groups -OCH3 is 1. The van der Waals surface area contributed by atoms with E-state index in [9.17, 15) is 0 Å². The second kappa shape index (κ2) is 6.95. The summed E-state index contributed by atoms with van der Waals surface area (Å²) in [6.45, 7) is 5.77. The molecule has 0 saturated heterocycles. The van der Waals surface area contributed by atoms with Crippen LogP contribution in [0.3, 0.4) is 0 Å². The monoisotopic (exact) mass is 261 g/mol. The van der Waals surface area contributed by atoms with E-state index in [1.54, 1.807) is 7.11 Å². The Hall–Kier alpha value is -1.02. The summed E-state index contributed by atoms with van der Waals surface area (Å²) in [7, 11) is 1.71. The fraction of sp³-hybridized carbons (Fsp3) is 0.647. The van der Waals surface area contributed by atoms with E-state index in [0.717, 1.165) is 24.1 Å². The molecule has 1 aromatic rings. The van der Waals surface area contributed by atoms with Crippen molar-refractivity contribution in [1.82, 2.24) is 5.32 Å². The number of hydrogen-bond donors (Lipinski definition) is 1. The van der Waals surface area contributed by atoms with Crippen LogP contribution < -0.4 is 10.1 Å². The second-order valence-corrected chi connectivity index (χ2v) is 6.03. The lowest BCUT2D eigenvalue weighted by Gasteiger charge is -2.27. The van der Waals surface area contributed by atoms with E-state index in [1.165, 1.54) is 31.2 Å². The summed E-state index contributed by atoms with van der Waals surface area (Å²) in [4.78, 5) is 0. The number of benzene rings is 1. The van der Waals surface area contributed by atoms with Gasteiger partial charge >= 0.3 is 0 Å². The van der Waals surface area contributed by atoms with E-state index in [4.69, 9.17) is 4.74 Å². The molecule has 2 heteroatoms. The third-order valence-corrected chi connectivity index (χ3v) is 4.46. The van der Waals surface area contributed by atoms with E-state index in [0.29, 0.717) is 6.04 Å². The fourth-order valence-electron chi connectivity index (χ4n) is 2.89.